The van der Waals surface area contributed by atoms with Gasteiger partial charge in [-0.25, -0.2) is 0 Å². The molecule has 0 aliphatic heterocycles. The van der Waals surface area contributed by atoms with E-state index in [0.717, 1.165) is 18.4 Å². The molecule has 3 rings (SSSR count). The van der Waals surface area contributed by atoms with Gasteiger partial charge in [-0.05, 0) is 59.4 Å². The zero-order valence-corrected chi connectivity index (χ0v) is 12.4. The van der Waals surface area contributed by atoms with Gasteiger partial charge in [0, 0.05) is 19.8 Å². The van der Waals surface area contributed by atoms with E-state index in [1.165, 1.54) is 28.0 Å². The minimum absolute atomic E-state index is 0.751. The molecule has 0 radical (unpaired) electrons. The molecule has 21 heavy (non-hydrogen) atoms. The molecule has 0 bridgehead atoms. The van der Waals surface area contributed by atoms with Gasteiger partial charge in [0.15, 0.2) is 0 Å². The third-order valence-electron chi connectivity index (χ3n) is 4.02. The topological polar surface area (TPSA) is 27.0 Å². The second-order valence-corrected chi connectivity index (χ2v) is 5.64. The van der Waals surface area contributed by atoms with Crippen LogP contribution in [0.15, 0.2) is 42.5 Å². The van der Waals surface area contributed by atoms with Crippen LogP contribution in [0.3, 0.4) is 0 Å². The molecular formula is C19H18N2. The highest BCUT2D eigenvalue weighted by atomic mass is 15.1. The number of rotatable bonds is 2. The number of nitriles is 1. The SMILES string of the molecule is CN(C)c1ccc(C2=Cc3ccc(C#N)cc3CC2)cc1. The molecule has 2 nitrogen and oxygen atoms in total. The first-order chi connectivity index (χ1) is 10.2. The molecule has 0 spiro atoms. The summed E-state index contributed by atoms with van der Waals surface area (Å²) in [4.78, 5) is 2.11. The Morgan fingerprint density at radius 2 is 1.76 bits per heavy atom. The Morgan fingerprint density at radius 1 is 1.00 bits per heavy atom. The average Bonchev–Trinajstić information content (AvgIpc) is 2.54. The molecule has 0 atom stereocenters. The van der Waals surface area contributed by atoms with Crippen LogP contribution in [0.2, 0.25) is 0 Å². The van der Waals surface area contributed by atoms with E-state index < -0.39 is 0 Å². The highest BCUT2D eigenvalue weighted by Gasteiger charge is 2.12. The number of fused-ring (bicyclic) bond motifs is 1. The summed E-state index contributed by atoms with van der Waals surface area (Å²) in [6.07, 6.45) is 4.29. The van der Waals surface area contributed by atoms with E-state index in [0.29, 0.717) is 0 Å². The summed E-state index contributed by atoms with van der Waals surface area (Å²) < 4.78 is 0. The van der Waals surface area contributed by atoms with Crippen LogP contribution in [0, 0.1) is 11.3 Å². The van der Waals surface area contributed by atoms with Crippen LogP contribution in [-0.4, -0.2) is 14.1 Å². The predicted molar refractivity (Wildman–Crippen MR) is 88.1 cm³/mol. The quantitative estimate of drug-likeness (QED) is 0.824. The van der Waals surface area contributed by atoms with Crippen molar-refractivity contribution in [2.75, 3.05) is 19.0 Å². The molecule has 0 fully saturated rings. The van der Waals surface area contributed by atoms with Gasteiger partial charge in [0.25, 0.3) is 0 Å². The average molecular weight is 274 g/mol. The maximum absolute atomic E-state index is 8.97. The number of nitrogens with zero attached hydrogens (tertiary/aromatic N) is 2. The van der Waals surface area contributed by atoms with Crippen molar-refractivity contribution in [3.05, 3.63) is 64.7 Å². The van der Waals surface area contributed by atoms with Gasteiger partial charge in [-0.2, -0.15) is 5.26 Å². The van der Waals surface area contributed by atoms with Gasteiger partial charge in [-0.15, -0.1) is 0 Å². The largest absolute Gasteiger partial charge is 0.378 e. The number of benzene rings is 2. The van der Waals surface area contributed by atoms with Gasteiger partial charge in [0.2, 0.25) is 0 Å². The Balaban J connectivity index is 1.93. The van der Waals surface area contributed by atoms with Crippen molar-refractivity contribution in [3.63, 3.8) is 0 Å². The van der Waals surface area contributed by atoms with Gasteiger partial charge in [0.05, 0.1) is 11.6 Å². The summed E-state index contributed by atoms with van der Waals surface area (Å²) in [5.74, 6) is 0. The summed E-state index contributed by atoms with van der Waals surface area (Å²) in [5.41, 5.74) is 7.15. The monoisotopic (exact) mass is 274 g/mol. The summed E-state index contributed by atoms with van der Waals surface area (Å²) >= 11 is 0. The van der Waals surface area contributed by atoms with Crippen LogP contribution in [0.25, 0.3) is 11.6 Å². The van der Waals surface area contributed by atoms with Gasteiger partial charge in [-0.3, -0.25) is 0 Å². The molecule has 0 saturated carbocycles. The minimum Gasteiger partial charge on any atom is -0.378 e. The van der Waals surface area contributed by atoms with Crippen molar-refractivity contribution >= 4 is 17.3 Å². The number of allylic oxidation sites excluding steroid dienone is 1. The number of hydrogen-bond donors (Lipinski definition) is 0. The lowest BCUT2D eigenvalue weighted by atomic mass is 9.88. The second kappa shape index (κ2) is 5.46. The molecule has 0 heterocycles. The summed E-state index contributed by atoms with van der Waals surface area (Å²) in [6, 6.07) is 16.9. The first-order valence-corrected chi connectivity index (χ1v) is 7.19. The third kappa shape index (κ3) is 2.68. The number of anilines is 1. The molecular weight excluding hydrogens is 256 g/mol. The van der Waals surface area contributed by atoms with Crippen LogP contribution in [-0.2, 0) is 6.42 Å². The fourth-order valence-corrected chi connectivity index (χ4v) is 2.76. The Labute approximate surface area is 126 Å². The van der Waals surface area contributed by atoms with E-state index in [1.807, 2.05) is 12.1 Å². The standard InChI is InChI=1S/C19H18N2/c1-21(2)19-9-7-15(8-10-19)17-6-5-16-11-14(13-20)3-4-18(16)12-17/h3-4,7-12H,5-6H2,1-2H3. The highest BCUT2D eigenvalue weighted by molar-refractivity contribution is 5.85. The summed E-state index contributed by atoms with van der Waals surface area (Å²) in [7, 11) is 4.11. The molecule has 0 N–H and O–H groups in total. The first kappa shape index (κ1) is 13.5. The van der Waals surface area contributed by atoms with Gasteiger partial charge >= 0.3 is 0 Å². The van der Waals surface area contributed by atoms with Crippen LogP contribution >= 0.6 is 0 Å². The van der Waals surface area contributed by atoms with Crippen LogP contribution in [0.4, 0.5) is 5.69 Å². The van der Waals surface area contributed by atoms with Crippen molar-refractivity contribution in [1.82, 2.24) is 0 Å². The lowest BCUT2D eigenvalue weighted by Gasteiger charge is -2.18. The van der Waals surface area contributed by atoms with Crippen molar-refractivity contribution in [2.45, 2.75) is 12.8 Å². The van der Waals surface area contributed by atoms with Crippen LogP contribution in [0.5, 0.6) is 0 Å². The number of hydrogen-bond acceptors (Lipinski definition) is 2. The zero-order valence-electron chi connectivity index (χ0n) is 12.4. The lowest BCUT2D eigenvalue weighted by molar-refractivity contribution is 0.999. The van der Waals surface area contributed by atoms with Gasteiger partial charge in [0.1, 0.15) is 0 Å². The molecule has 2 heteroatoms. The van der Waals surface area contributed by atoms with Crippen LogP contribution < -0.4 is 4.90 Å². The second-order valence-electron chi connectivity index (χ2n) is 5.64. The fraction of sp³-hybridized carbons (Fsp3) is 0.211. The zero-order chi connectivity index (χ0) is 14.8. The number of aryl methyl sites for hydroxylation is 1. The molecule has 2 aromatic carbocycles. The van der Waals surface area contributed by atoms with Gasteiger partial charge < -0.3 is 4.90 Å². The van der Waals surface area contributed by atoms with Crippen molar-refractivity contribution in [1.29, 1.82) is 5.26 Å². The van der Waals surface area contributed by atoms with E-state index >= 15 is 0 Å². The highest BCUT2D eigenvalue weighted by Crippen LogP contribution is 2.31. The molecule has 0 amide bonds. The Kier molecular flexibility index (Phi) is 3.50. The Bertz CT molecular complexity index is 731. The van der Waals surface area contributed by atoms with E-state index in [1.54, 1.807) is 0 Å². The normalized spacial score (nSPS) is 13.1. The maximum atomic E-state index is 8.97. The van der Waals surface area contributed by atoms with Crippen LogP contribution in [0.1, 0.15) is 28.7 Å². The van der Waals surface area contributed by atoms with Crippen molar-refractivity contribution in [3.8, 4) is 6.07 Å². The Hall–Kier alpha value is -2.53. The van der Waals surface area contributed by atoms with Crippen molar-refractivity contribution < 1.29 is 0 Å². The Morgan fingerprint density at radius 3 is 2.43 bits per heavy atom. The molecule has 0 aromatic heterocycles. The molecule has 1 aliphatic rings. The van der Waals surface area contributed by atoms with E-state index in [4.69, 9.17) is 5.26 Å². The molecule has 104 valence electrons. The molecule has 0 saturated heterocycles. The molecule has 0 unspecified atom stereocenters. The van der Waals surface area contributed by atoms with E-state index in [2.05, 4.69) is 61.5 Å². The van der Waals surface area contributed by atoms with E-state index in [9.17, 15) is 0 Å². The molecule has 1 aliphatic carbocycles. The lowest BCUT2D eigenvalue weighted by Crippen LogP contribution is -2.08. The molecule has 2 aromatic rings. The first-order valence-electron chi connectivity index (χ1n) is 7.19. The summed E-state index contributed by atoms with van der Waals surface area (Å²) in [6.45, 7) is 0. The van der Waals surface area contributed by atoms with Crippen molar-refractivity contribution in [2.24, 2.45) is 0 Å². The minimum atomic E-state index is 0.751. The maximum Gasteiger partial charge on any atom is 0.0991 e. The van der Waals surface area contributed by atoms with E-state index in [-0.39, 0.29) is 0 Å². The third-order valence-corrected chi connectivity index (χ3v) is 4.02. The fourth-order valence-electron chi connectivity index (χ4n) is 2.76. The summed E-state index contributed by atoms with van der Waals surface area (Å²) in [5, 5.41) is 8.97. The van der Waals surface area contributed by atoms with Gasteiger partial charge in [-0.1, -0.05) is 24.3 Å². The smallest absolute Gasteiger partial charge is 0.0991 e. The predicted octanol–water partition coefficient (Wildman–Crippen LogP) is 4.11.